The molecule has 0 aromatic heterocycles. The van der Waals surface area contributed by atoms with E-state index >= 15 is 0 Å². The van der Waals surface area contributed by atoms with E-state index in [0.717, 1.165) is 12.0 Å². The third-order valence-electron chi connectivity index (χ3n) is 3.24. The van der Waals surface area contributed by atoms with Gasteiger partial charge in [-0.25, -0.2) is 4.39 Å². The molecule has 178 valence electrons. The minimum Gasteiger partial charge on any atom is -0.377 e. The molecule has 0 heterocycles. The largest absolute Gasteiger partial charge is 0.377 e. The molecule has 1 unspecified atom stereocenters. The van der Waals surface area contributed by atoms with Crippen molar-refractivity contribution < 1.29 is 41.8 Å². The highest BCUT2D eigenvalue weighted by Gasteiger charge is 2.06. The van der Waals surface area contributed by atoms with Gasteiger partial charge in [0, 0.05) is 19.7 Å². The summed E-state index contributed by atoms with van der Waals surface area (Å²) < 4.78 is 44.6. The third-order valence-corrected chi connectivity index (χ3v) is 3.59. The molecule has 0 aliphatic heterocycles. The molecule has 0 aromatic rings. The summed E-state index contributed by atoms with van der Waals surface area (Å²) in [5.74, 6) is -0.444. The summed E-state index contributed by atoms with van der Waals surface area (Å²) in [6.45, 7) is 5.29. The van der Waals surface area contributed by atoms with Crippen molar-refractivity contribution in [2.24, 2.45) is 0 Å². The van der Waals surface area contributed by atoms with Crippen LogP contribution in [0.1, 0.15) is 6.92 Å². The molecule has 0 aromatic carbocycles. The van der Waals surface area contributed by atoms with Gasteiger partial charge in [-0.1, -0.05) is 0 Å². The molecule has 0 aliphatic rings. The van der Waals surface area contributed by atoms with Crippen LogP contribution in [0.4, 0.5) is 4.39 Å². The quantitative estimate of drug-likeness (QED) is 0.170. The fourth-order valence-electron chi connectivity index (χ4n) is 1.83. The highest BCUT2D eigenvalue weighted by molar-refractivity contribution is 7.93. The molecule has 0 spiro atoms. The number of hydrogen-bond acceptors (Lipinski definition) is 9. The van der Waals surface area contributed by atoms with Crippen LogP contribution in [0.15, 0.2) is 0 Å². The Labute approximate surface area is 182 Å². The van der Waals surface area contributed by atoms with E-state index in [9.17, 15) is 14.0 Å². The van der Waals surface area contributed by atoms with Gasteiger partial charge in [-0.2, -0.15) is 0 Å². The van der Waals surface area contributed by atoms with Crippen LogP contribution in [0.5, 0.6) is 0 Å². The number of alkyl halides is 1. The van der Waals surface area contributed by atoms with Gasteiger partial charge in [0.2, 0.25) is 11.8 Å². The van der Waals surface area contributed by atoms with Crippen molar-refractivity contribution in [3.8, 4) is 0 Å². The number of ether oxygens (including phenoxy) is 5. The Morgan fingerprint density at radius 1 is 0.833 bits per heavy atom. The van der Waals surface area contributed by atoms with Gasteiger partial charge in [0.25, 0.3) is 0 Å². The zero-order valence-corrected chi connectivity index (χ0v) is 18.6. The van der Waals surface area contributed by atoms with Crippen LogP contribution in [0, 0.1) is 0 Å². The van der Waals surface area contributed by atoms with E-state index < -0.39 is 6.17 Å². The van der Waals surface area contributed by atoms with E-state index in [-0.39, 0.29) is 38.2 Å². The van der Waals surface area contributed by atoms with Crippen LogP contribution in [-0.2, 0) is 37.5 Å². The van der Waals surface area contributed by atoms with Gasteiger partial charge >= 0.3 is 0 Å². The van der Waals surface area contributed by atoms with E-state index in [0.29, 0.717) is 59.4 Å². The number of halogens is 1. The Balaban J connectivity index is 3.14. The van der Waals surface area contributed by atoms with E-state index in [1.807, 2.05) is 0 Å². The normalized spacial score (nSPS) is 12.0. The predicted molar refractivity (Wildman–Crippen MR) is 110 cm³/mol. The first-order chi connectivity index (χ1) is 14.6. The van der Waals surface area contributed by atoms with Crippen molar-refractivity contribution in [1.29, 1.82) is 0 Å². The highest BCUT2D eigenvalue weighted by atomic mass is 32.2. The Hall–Kier alpha value is -1.02. The fourth-order valence-corrected chi connectivity index (χ4v) is 2.06. The second-order valence-electron chi connectivity index (χ2n) is 5.84. The molecule has 0 fully saturated rings. The number of amides is 2. The molecule has 10 nitrogen and oxygen atoms in total. The van der Waals surface area contributed by atoms with E-state index in [1.165, 1.54) is 6.92 Å². The zero-order chi connectivity index (χ0) is 22.3. The lowest BCUT2D eigenvalue weighted by Gasteiger charge is -2.10. The van der Waals surface area contributed by atoms with E-state index in [4.69, 9.17) is 27.9 Å². The molecule has 2 amide bonds. The van der Waals surface area contributed by atoms with Crippen LogP contribution in [0.2, 0.25) is 0 Å². The molecule has 12 heteroatoms. The van der Waals surface area contributed by atoms with Gasteiger partial charge in [0.15, 0.2) is 0 Å². The van der Waals surface area contributed by atoms with Crippen molar-refractivity contribution in [3.63, 3.8) is 0 Å². The number of carbonyl (C=O) groups excluding carboxylic acids is 2. The lowest BCUT2D eigenvalue weighted by Crippen LogP contribution is -2.30. The monoisotopic (exact) mass is 458 g/mol. The fraction of sp³-hybridized carbons (Fsp3) is 0.889. The summed E-state index contributed by atoms with van der Waals surface area (Å²) in [5, 5.41) is 5.05. The predicted octanol–water partition coefficient (Wildman–Crippen LogP) is -0.0456. The lowest BCUT2D eigenvalue weighted by molar-refractivity contribution is -0.123. The smallest absolute Gasteiger partial charge is 0.247 e. The van der Waals surface area contributed by atoms with Crippen molar-refractivity contribution in [2.75, 3.05) is 92.0 Å². The third kappa shape index (κ3) is 23.3. The van der Waals surface area contributed by atoms with Crippen LogP contribution < -0.4 is 10.6 Å². The first-order valence-electron chi connectivity index (χ1n) is 9.75. The average Bonchev–Trinajstić information content (AvgIpc) is 2.72. The maximum absolute atomic E-state index is 13.3. The van der Waals surface area contributed by atoms with E-state index in [1.54, 1.807) is 6.26 Å². The van der Waals surface area contributed by atoms with Crippen molar-refractivity contribution in [1.82, 2.24) is 10.6 Å². The summed E-state index contributed by atoms with van der Waals surface area (Å²) in [4.78, 5) is 21.9. The molecule has 1 atom stereocenters. The van der Waals surface area contributed by atoms with Gasteiger partial charge in [-0.3, -0.25) is 9.59 Å². The Morgan fingerprint density at radius 2 is 1.33 bits per heavy atom. The molecule has 0 rings (SSSR count). The van der Waals surface area contributed by atoms with Gasteiger partial charge < -0.3 is 38.5 Å². The Morgan fingerprint density at radius 3 is 1.83 bits per heavy atom. The molecule has 0 saturated carbocycles. The molecule has 0 radical (unpaired) electrons. The minimum atomic E-state index is -1.23. The lowest BCUT2D eigenvalue weighted by atomic mass is 10.4. The summed E-state index contributed by atoms with van der Waals surface area (Å²) in [6.07, 6.45) is 0.519. The number of rotatable bonds is 22. The molecule has 2 N–H and O–H groups in total. The molecule has 0 aliphatic carbocycles. The SMILES string of the molecule is CSOCC(=O)NCCOCCOCCOCCOCCOCC(F)CNC(C)=O. The summed E-state index contributed by atoms with van der Waals surface area (Å²) in [5.41, 5.74) is 0. The van der Waals surface area contributed by atoms with Crippen molar-refractivity contribution in [3.05, 3.63) is 0 Å². The van der Waals surface area contributed by atoms with Crippen LogP contribution in [-0.4, -0.2) is 110 Å². The van der Waals surface area contributed by atoms with Crippen LogP contribution in [0.3, 0.4) is 0 Å². The average molecular weight is 459 g/mol. The number of hydrogen-bond donors (Lipinski definition) is 2. The summed E-state index contributed by atoms with van der Waals surface area (Å²) in [6, 6.07) is 0. The number of nitrogens with one attached hydrogen (secondary N) is 2. The van der Waals surface area contributed by atoms with Gasteiger partial charge in [0.05, 0.1) is 72.6 Å². The first kappa shape index (κ1) is 29.0. The Bertz CT molecular complexity index is 424. The molecular weight excluding hydrogens is 423 g/mol. The topological polar surface area (TPSA) is 114 Å². The molecule has 0 saturated heterocycles. The maximum atomic E-state index is 13.3. The second-order valence-corrected chi connectivity index (χ2v) is 6.41. The molecule has 0 bridgehead atoms. The van der Waals surface area contributed by atoms with E-state index in [2.05, 4.69) is 10.6 Å². The minimum absolute atomic E-state index is 0.0315. The van der Waals surface area contributed by atoms with Crippen molar-refractivity contribution >= 4 is 23.9 Å². The summed E-state index contributed by atoms with van der Waals surface area (Å²) >= 11 is 1.15. The zero-order valence-electron chi connectivity index (χ0n) is 17.8. The van der Waals surface area contributed by atoms with Crippen LogP contribution >= 0.6 is 12.0 Å². The highest BCUT2D eigenvalue weighted by Crippen LogP contribution is 1.92. The molecule has 30 heavy (non-hydrogen) atoms. The van der Waals surface area contributed by atoms with Gasteiger partial charge in [0.1, 0.15) is 12.8 Å². The van der Waals surface area contributed by atoms with Crippen LogP contribution in [0.25, 0.3) is 0 Å². The summed E-state index contributed by atoms with van der Waals surface area (Å²) in [7, 11) is 0. The van der Waals surface area contributed by atoms with Gasteiger partial charge in [-0.15, -0.1) is 0 Å². The Kier molecular flexibility index (Phi) is 21.9. The maximum Gasteiger partial charge on any atom is 0.247 e. The molecular formula is C18H35FN2O8S. The van der Waals surface area contributed by atoms with Gasteiger partial charge in [-0.05, 0) is 12.0 Å². The standard InChI is InChI=1S/C18H35FN2O8S/c1-16(22)21-13-17(19)14-28-12-11-27-10-9-26-8-7-25-6-5-24-4-3-20-18(23)15-29-30-2/h17H,3-15H2,1-2H3,(H,20,23)(H,21,22). The second kappa shape index (κ2) is 22.7. The number of carbonyl (C=O) groups is 2. The first-order valence-corrected chi connectivity index (χ1v) is 10.9. The van der Waals surface area contributed by atoms with Crippen molar-refractivity contribution in [2.45, 2.75) is 13.1 Å².